The van der Waals surface area contributed by atoms with E-state index in [-0.39, 0.29) is 25.6 Å². The molecule has 0 aromatic rings. The highest BCUT2D eigenvalue weighted by Gasteiger charge is 2.27. The fourth-order valence-electron chi connectivity index (χ4n) is 8.67. The van der Waals surface area contributed by atoms with Crippen LogP contribution in [0, 0.1) is 0 Å². The monoisotopic (exact) mass is 959 g/mol. The predicted molar refractivity (Wildman–Crippen MR) is 280 cm³/mol. The van der Waals surface area contributed by atoms with Crippen LogP contribution >= 0.6 is 7.82 Å². The number of carbonyl (C=O) groups is 2. The van der Waals surface area contributed by atoms with Gasteiger partial charge in [-0.2, -0.15) is 0 Å². The fraction of sp³-hybridized carbons (Fsp3) is 0.964. The number of likely N-dealkylation sites (N-methyl/N-ethyl adjacent to an activating group) is 1. The first-order valence-electron chi connectivity index (χ1n) is 28.8. The molecule has 0 aromatic heterocycles. The van der Waals surface area contributed by atoms with Crippen LogP contribution in [0.15, 0.2) is 0 Å². The Balaban J connectivity index is 4.11. The summed E-state index contributed by atoms with van der Waals surface area (Å²) in [7, 11) is 1.50. The molecule has 9 nitrogen and oxygen atoms in total. The summed E-state index contributed by atoms with van der Waals surface area (Å²) in [5.74, 6) is -0.773. The van der Waals surface area contributed by atoms with Crippen molar-refractivity contribution in [3.8, 4) is 0 Å². The summed E-state index contributed by atoms with van der Waals surface area (Å²) in [6, 6.07) is 0. The number of rotatable bonds is 54. The Hall–Kier alpha value is -0.990. The number of phosphoric acid groups is 1. The zero-order chi connectivity index (χ0) is 48.5. The van der Waals surface area contributed by atoms with E-state index < -0.39 is 26.5 Å². The van der Waals surface area contributed by atoms with Gasteiger partial charge in [0.25, 0.3) is 0 Å². The number of quaternary nitrogens is 1. The van der Waals surface area contributed by atoms with E-state index in [0.717, 1.165) is 38.5 Å². The summed E-state index contributed by atoms with van der Waals surface area (Å²) in [5.41, 5.74) is 0. The molecule has 0 heterocycles. The number of nitrogens with zero attached hydrogens (tertiary/aromatic N) is 1. The van der Waals surface area contributed by atoms with Gasteiger partial charge in [0.05, 0.1) is 27.7 Å². The van der Waals surface area contributed by atoms with Gasteiger partial charge in [0.1, 0.15) is 19.8 Å². The molecule has 0 amide bonds. The molecule has 0 aliphatic heterocycles. The summed E-state index contributed by atoms with van der Waals surface area (Å²) in [6.45, 7) is 4.51. The molecule has 0 saturated heterocycles. The van der Waals surface area contributed by atoms with Gasteiger partial charge in [0.2, 0.25) is 0 Å². The van der Waals surface area contributed by atoms with Gasteiger partial charge in [-0.25, -0.2) is 4.57 Å². The number of unbranched alkanes of at least 4 members (excludes halogenated alkanes) is 40. The maximum atomic E-state index is 12.8. The molecular weight excluding hydrogens is 846 g/mol. The van der Waals surface area contributed by atoms with Crippen LogP contribution < -0.4 is 0 Å². The standard InChI is InChI=1S/C56H112NO8P/c1-6-8-10-12-14-16-18-20-22-24-26-27-28-29-31-33-35-37-39-41-43-45-47-49-56(59)65-54(53-64-66(60,61)63-51-50-57(3,4)5)52-62-55(58)48-46-44-42-40-38-36-34-32-30-25-23-21-19-17-15-13-11-9-7-2/h54H,6-53H2,1-5H3/p+1. The Morgan fingerprint density at radius 2 is 0.682 bits per heavy atom. The first kappa shape index (κ1) is 65.0. The van der Waals surface area contributed by atoms with Crippen LogP contribution in [0.3, 0.4) is 0 Å². The molecule has 0 aliphatic rings. The van der Waals surface area contributed by atoms with E-state index in [0.29, 0.717) is 17.4 Å². The second kappa shape index (κ2) is 49.0. The molecule has 0 fully saturated rings. The number of hydrogen-bond acceptors (Lipinski definition) is 7. The molecule has 0 rings (SSSR count). The topological polar surface area (TPSA) is 108 Å². The molecule has 394 valence electrons. The van der Waals surface area contributed by atoms with Crippen LogP contribution in [-0.4, -0.2) is 74.9 Å². The third kappa shape index (κ3) is 52.4. The Morgan fingerprint density at radius 1 is 0.409 bits per heavy atom. The van der Waals surface area contributed by atoms with Crippen LogP contribution in [0.4, 0.5) is 0 Å². The van der Waals surface area contributed by atoms with Crippen molar-refractivity contribution in [2.75, 3.05) is 47.5 Å². The molecule has 1 N–H and O–H groups in total. The largest absolute Gasteiger partial charge is 0.472 e. The number of carbonyl (C=O) groups excluding carboxylic acids is 2. The SMILES string of the molecule is CCCCCCCCCCCCCCCCCCCCCCCCCC(=O)OC(COC(=O)CCCCCCCCCCCCCCCCCCCCC)COP(=O)(O)OCC[N+](C)(C)C. The van der Waals surface area contributed by atoms with Gasteiger partial charge in [-0.1, -0.05) is 271 Å². The molecule has 0 radical (unpaired) electrons. The molecule has 66 heavy (non-hydrogen) atoms. The van der Waals surface area contributed by atoms with Crippen molar-refractivity contribution in [1.29, 1.82) is 0 Å². The van der Waals surface area contributed by atoms with Crippen molar-refractivity contribution in [3.63, 3.8) is 0 Å². The molecule has 2 atom stereocenters. The normalized spacial score (nSPS) is 13.2. The summed E-state index contributed by atoms with van der Waals surface area (Å²) >= 11 is 0. The van der Waals surface area contributed by atoms with E-state index in [2.05, 4.69) is 13.8 Å². The molecule has 0 aliphatic carbocycles. The van der Waals surface area contributed by atoms with Crippen molar-refractivity contribution < 1.29 is 42.1 Å². The number of phosphoric ester groups is 1. The lowest BCUT2D eigenvalue weighted by molar-refractivity contribution is -0.870. The fourth-order valence-corrected chi connectivity index (χ4v) is 9.41. The van der Waals surface area contributed by atoms with Crippen molar-refractivity contribution in [2.24, 2.45) is 0 Å². The van der Waals surface area contributed by atoms with Crippen LogP contribution in [0.1, 0.15) is 296 Å². The number of hydrogen-bond donors (Lipinski definition) is 1. The van der Waals surface area contributed by atoms with E-state index >= 15 is 0 Å². The minimum Gasteiger partial charge on any atom is -0.462 e. The van der Waals surface area contributed by atoms with Crippen molar-refractivity contribution >= 4 is 19.8 Å². The molecule has 2 unspecified atom stereocenters. The van der Waals surface area contributed by atoms with Gasteiger partial charge in [-0.15, -0.1) is 0 Å². The van der Waals surface area contributed by atoms with Gasteiger partial charge in [0, 0.05) is 12.8 Å². The zero-order valence-electron chi connectivity index (χ0n) is 44.7. The van der Waals surface area contributed by atoms with Gasteiger partial charge < -0.3 is 18.9 Å². The van der Waals surface area contributed by atoms with Gasteiger partial charge in [-0.05, 0) is 12.8 Å². The minimum absolute atomic E-state index is 0.0374. The van der Waals surface area contributed by atoms with Crippen molar-refractivity contribution in [1.82, 2.24) is 0 Å². The third-order valence-electron chi connectivity index (χ3n) is 13.1. The first-order valence-corrected chi connectivity index (χ1v) is 30.3. The Morgan fingerprint density at radius 3 is 0.970 bits per heavy atom. The van der Waals surface area contributed by atoms with Gasteiger partial charge in [-0.3, -0.25) is 18.6 Å². The lowest BCUT2D eigenvalue weighted by atomic mass is 10.0. The summed E-state index contributed by atoms with van der Waals surface area (Å²) in [4.78, 5) is 35.7. The van der Waals surface area contributed by atoms with Crippen molar-refractivity contribution in [3.05, 3.63) is 0 Å². The molecule has 0 bridgehead atoms. The van der Waals surface area contributed by atoms with E-state index in [1.165, 1.54) is 231 Å². The molecule has 0 aromatic carbocycles. The lowest BCUT2D eigenvalue weighted by Gasteiger charge is -2.24. The molecular formula is C56H113NO8P+. The smallest absolute Gasteiger partial charge is 0.462 e. The van der Waals surface area contributed by atoms with E-state index in [1.807, 2.05) is 21.1 Å². The van der Waals surface area contributed by atoms with Crippen LogP contribution in [-0.2, 0) is 32.7 Å². The minimum atomic E-state index is -4.38. The Labute approximate surface area is 410 Å². The van der Waals surface area contributed by atoms with Crippen LogP contribution in [0.5, 0.6) is 0 Å². The second-order valence-electron chi connectivity index (χ2n) is 21.0. The average Bonchev–Trinajstić information content (AvgIpc) is 3.27. The number of ether oxygens (including phenoxy) is 2. The summed E-state index contributed by atoms with van der Waals surface area (Å²) < 4.78 is 34.6. The highest BCUT2D eigenvalue weighted by molar-refractivity contribution is 7.47. The quantitative estimate of drug-likeness (QED) is 0.0278. The van der Waals surface area contributed by atoms with Crippen LogP contribution in [0.25, 0.3) is 0 Å². The maximum absolute atomic E-state index is 12.8. The summed E-state index contributed by atoms with van der Waals surface area (Å²) in [6.07, 6.45) is 54.5. The number of esters is 2. The molecule has 10 heteroatoms. The van der Waals surface area contributed by atoms with E-state index in [4.69, 9.17) is 18.5 Å². The second-order valence-corrected chi connectivity index (χ2v) is 22.5. The Bertz CT molecular complexity index is 1080. The zero-order valence-corrected chi connectivity index (χ0v) is 45.6. The highest BCUT2D eigenvalue weighted by Crippen LogP contribution is 2.43. The van der Waals surface area contributed by atoms with Crippen molar-refractivity contribution in [2.45, 2.75) is 302 Å². The summed E-state index contributed by atoms with van der Waals surface area (Å²) in [5, 5.41) is 0. The highest BCUT2D eigenvalue weighted by atomic mass is 31.2. The maximum Gasteiger partial charge on any atom is 0.472 e. The molecule has 0 saturated carbocycles. The Kier molecular flexibility index (Phi) is 48.3. The first-order chi connectivity index (χ1) is 32.0. The van der Waals surface area contributed by atoms with Gasteiger partial charge >= 0.3 is 19.8 Å². The predicted octanol–water partition coefficient (Wildman–Crippen LogP) is 17.5. The van der Waals surface area contributed by atoms with Gasteiger partial charge in [0.15, 0.2) is 6.10 Å². The third-order valence-corrected chi connectivity index (χ3v) is 14.1. The van der Waals surface area contributed by atoms with Crippen LogP contribution in [0.2, 0.25) is 0 Å². The average molecular weight is 959 g/mol. The molecule has 0 spiro atoms. The lowest BCUT2D eigenvalue weighted by Crippen LogP contribution is -2.37. The van der Waals surface area contributed by atoms with E-state index in [9.17, 15) is 19.0 Å². The van der Waals surface area contributed by atoms with E-state index in [1.54, 1.807) is 0 Å².